The van der Waals surface area contributed by atoms with Gasteiger partial charge in [0.15, 0.2) is 0 Å². The Morgan fingerprint density at radius 2 is 2.33 bits per heavy atom. The topological polar surface area (TPSA) is 12.5 Å². The molecule has 2 rings (SSSR count). The number of hydrogen-bond acceptors (Lipinski definition) is 2. The van der Waals surface area contributed by atoms with Crippen LogP contribution in [0.5, 0.6) is 0 Å². The molecule has 0 bridgehead atoms. The van der Waals surface area contributed by atoms with Crippen molar-refractivity contribution in [3.63, 3.8) is 0 Å². The third-order valence-corrected chi connectivity index (χ3v) is 4.20. The van der Waals surface area contributed by atoms with Crippen molar-refractivity contribution in [2.75, 3.05) is 24.6 Å². The van der Waals surface area contributed by atoms with E-state index in [-0.39, 0.29) is 0 Å². The van der Waals surface area contributed by atoms with Crippen LogP contribution in [0.4, 0.5) is 5.69 Å². The first kappa shape index (κ1) is 14.2. The standard InChI is InChI=1S/C14H19BrClNO/c1-2-17(10-13-4-3-7-18-13)14-8-12(16)6-5-11(14)9-15/h5-6,8,13H,2-4,7,9-10H2,1H3. The van der Waals surface area contributed by atoms with Gasteiger partial charge in [-0.3, -0.25) is 0 Å². The molecule has 1 fully saturated rings. The van der Waals surface area contributed by atoms with Gasteiger partial charge in [0, 0.05) is 35.7 Å². The number of hydrogen-bond donors (Lipinski definition) is 0. The lowest BCUT2D eigenvalue weighted by atomic mass is 10.1. The zero-order valence-corrected chi connectivity index (χ0v) is 13.0. The van der Waals surface area contributed by atoms with E-state index in [0.717, 1.165) is 30.0 Å². The fraction of sp³-hybridized carbons (Fsp3) is 0.571. The lowest BCUT2D eigenvalue weighted by Crippen LogP contribution is -2.32. The van der Waals surface area contributed by atoms with Crippen molar-refractivity contribution in [1.82, 2.24) is 0 Å². The van der Waals surface area contributed by atoms with Crippen LogP contribution in [0.1, 0.15) is 25.3 Å². The quantitative estimate of drug-likeness (QED) is 0.748. The molecule has 1 heterocycles. The number of anilines is 1. The molecule has 1 aliphatic rings. The smallest absolute Gasteiger partial charge is 0.0750 e. The second-order valence-corrected chi connectivity index (χ2v) is 5.58. The minimum absolute atomic E-state index is 0.368. The Morgan fingerprint density at radius 1 is 1.50 bits per heavy atom. The van der Waals surface area contributed by atoms with E-state index in [1.165, 1.54) is 24.1 Å². The molecular formula is C14H19BrClNO. The summed E-state index contributed by atoms with van der Waals surface area (Å²) in [6, 6.07) is 6.09. The van der Waals surface area contributed by atoms with Gasteiger partial charge in [-0.2, -0.15) is 0 Å². The molecule has 0 aliphatic carbocycles. The van der Waals surface area contributed by atoms with Crippen LogP contribution in [-0.2, 0) is 10.1 Å². The molecule has 0 radical (unpaired) electrons. The number of ether oxygens (including phenoxy) is 1. The normalized spacial score (nSPS) is 19.2. The number of likely N-dealkylation sites (N-methyl/N-ethyl adjacent to an activating group) is 1. The average Bonchev–Trinajstić information content (AvgIpc) is 2.88. The summed E-state index contributed by atoms with van der Waals surface area (Å²) in [7, 11) is 0. The maximum atomic E-state index is 6.12. The summed E-state index contributed by atoms with van der Waals surface area (Å²) in [5, 5.41) is 1.64. The Kier molecular flexibility index (Phi) is 5.34. The molecule has 100 valence electrons. The lowest BCUT2D eigenvalue weighted by Gasteiger charge is -2.28. The summed E-state index contributed by atoms with van der Waals surface area (Å²) >= 11 is 9.66. The first-order chi connectivity index (χ1) is 8.74. The van der Waals surface area contributed by atoms with E-state index in [2.05, 4.69) is 39.9 Å². The molecule has 2 nitrogen and oxygen atoms in total. The Morgan fingerprint density at radius 3 is 2.94 bits per heavy atom. The summed E-state index contributed by atoms with van der Waals surface area (Å²) in [6.45, 7) is 5.01. The first-order valence-electron chi connectivity index (χ1n) is 6.45. The van der Waals surface area contributed by atoms with Crippen LogP contribution in [0.3, 0.4) is 0 Å². The van der Waals surface area contributed by atoms with Gasteiger partial charge in [0.25, 0.3) is 0 Å². The SMILES string of the molecule is CCN(CC1CCCO1)c1cc(Cl)ccc1CBr. The molecule has 1 aliphatic heterocycles. The Balaban J connectivity index is 2.17. The molecule has 0 amide bonds. The summed E-state index contributed by atoms with van der Waals surface area (Å²) in [5.74, 6) is 0. The maximum Gasteiger partial charge on any atom is 0.0750 e. The Bertz CT molecular complexity index is 393. The van der Waals surface area contributed by atoms with Crippen LogP contribution in [0.2, 0.25) is 5.02 Å². The van der Waals surface area contributed by atoms with Gasteiger partial charge in [-0.25, -0.2) is 0 Å². The van der Waals surface area contributed by atoms with Gasteiger partial charge in [-0.1, -0.05) is 33.6 Å². The molecule has 0 N–H and O–H groups in total. The highest BCUT2D eigenvalue weighted by Gasteiger charge is 2.20. The maximum absolute atomic E-state index is 6.12. The molecule has 18 heavy (non-hydrogen) atoms. The van der Waals surface area contributed by atoms with Crippen molar-refractivity contribution in [2.45, 2.75) is 31.2 Å². The fourth-order valence-corrected chi connectivity index (χ4v) is 3.02. The van der Waals surface area contributed by atoms with Crippen LogP contribution in [0.15, 0.2) is 18.2 Å². The number of halogens is 2. The van der Waals surface area contributed by atoms with Crippen LogP contribution < -0.4 is 4.90 Å². The van der Waals surface area contributed by atoms with E-state index in [9.17, 15) is 0 Å². The molecule has 0 aromatic heterocycles. The van der Waals surface area contributed by atoms with Crippen molar-refractivity contribution < 1.29 is 4.74 Å². The monoisotopic (exact) mass is 331 g/mol. The summed E-state index contributed by atoms with van der Waals surface area (Å²) < 4.78 is 5.72. The van der Waals surface area contributed by atoms with Gasteiger partial charge >= 0.3 is 0 Å². The van der Waals surface area contributed by atoms with Crippen molar-refractivity contribution in [1.29, 1.82) is 0 Å². The van der Waals surface area contributed by atoms with E-state index in [1.54, 1.807) is 0 Å². The number of rotatable bonds is 5. The molecule has 1 aromatic carbocycles. The van der Waals surface area contributed by atoms with Crippen molar-refractivity contribution in [2.24, 2.45) is 0 Å². The predicted molar refractivity (Wildman–Crippen MR) is 80.9 cm³/mol. The van der Waals surface area contributed by atoms with E-state index in [0.29, 0.717) is 6.10 Å². The number of alkyl halides is 1. The number of benzene rings is 1. The third-order valence-electron chi connectivity index (χ3n) is 3.36. The van der Waals surface area contributed by atoms with Crippen LogP contribution in [0, 0.1) is 0 Å². The molecule has 1 aromatic rings. The molecule has 0 saturated carbocycles. The van der Waals surface area contributed by atoms with Crippen LogP contribution >= 0.6 is 27.5 Å². The van der Waals surface area contributed by atoms with Crippen LogP contribution in [-0.4, -0.2) is 25.8 Å². The van der Waals surface area contributed by atoms with Crippen molar-refractivity contribution in [3.8, 4) is 0 Å². The molecule has 0 spiro atoms. The van der Waals surface area contributed by atoms with E-state index in [1.807, 2.05) is 6.07 Å². The summed E-state index contributed by atoms with van der Waals surface area (Å²) in [6.07, 6.45) is 2.72. The van der Waals surface area contributed by atoms with E-state index < -0.39 is 0 Å². The van der Waals surface area contributed by atoms with Crippen molar-refractivity contribution in [3.05, 3.63) is 28.8 Å². The van der Waals surface area contributed by atoms with Gasteiger partial charge in [-0.05, 0) is 37.5 Å². The highest BCUT2D eigenvalue weighted by molar-refractivity contribution is 9.08. The zero-order valence-electron chi connectivity index (χ0n) is 10.7. The Hall–Kier alpha value is -0.250. The number of nitrogens with zero attached hydrogens (tertiary/aromatic N) is 1. The molecule has 1 unspecified atom stereocenters. The predicted octanol–water partition coefficient (Wildman–Crippen LogP) is 4.24. The first-order valence-corrected chi connectivity index (χ1v) is 7.95. The molecular weight excluding hydrogens is 314 g/mol. The molecule has 1 saturated heterocycles. The fourth-order valence-electron chi connectivity index (χ4n) is 2.38. The van der Waals surface area contributed by atoms with Gasteiger partial charge in [0.05, 0.1) is 6.10 Å². The van der Waals surface area contributed by atoms with Gasteiger partial charge < -0.3 is 9.64 Å². The van der Waals surface area contributed by atoms with Crippen molar-refractivity contribution >= 4 is 33.2 Å². The highest BCUT2D eigenvalue weighted by Crippen LogP contribution is 2.28. The molecule has 4 heteroatoms. The summed E-state index contributed by atoms with van der Waals surface area (Å²) in [5.41, 5.74) is 2.50. The highest BCUT2D eigenvalue weighted by atomic mass is 79.9. The zero-order chi connectivity index (χ0) is 13.0. The van der Waals surface area contributed by atoms with E-state index in [4.69, 9.17) is 16.3 Å². The second-order valence-electron chi connectivity index (χ2n) is 4.58. The second kappa shape index (κ2) is 6.78. The van der Waals surface area contributed by atoms with Crippen LogP contribution in [0.25, 0.3) is 0 Å². The largest absolute Gasteiger partial charge is 0.376 e. The molecule has 1 atom stereocenters. The van der Waals surface area contributed by atoms with Gasteiger partial charge in [-0.15, -0.1) is 0 Å². The average molecular weight is 333 g/mol. The third kappa shape index (κ3) is 3.40. The van der Waals surface area contributed by atoms with E-state index >= 15 is 0 Å². The van der Waals surface area contributed by atoms with Gasteiger partial charge in [0.2, 0.25) is 0 Å². The van der Waals surface area contributed by atoms with Gasteiger partial charge in [0.1, 0.15) is 0 Å². The summed E-state index contributed by atoms with van der Waals surface area (Å²) in [4.78, 5) is 2.36. The minimum Gasteiger partial charge on any atom is -0.376 e. The lowest BCUT2D eigenvalue weighted by molar-refractivity contribution is 0.115. The Labute approximate surface area is 122 Å². The minimum atomic E-state index is 0.368.